The zero-order valence-electron chi connectivity index (χ0n) is 19.0. The van der Waals surface area contributed by atoms with Crippen molar-refractivity contribution < 1.29 is 14.3 Å². The van der Waals surface area contributed by atoms with E-state index in [-0.39, 0.29) is 18.4 Å². The number of amides is 2. The van der Waals surface area contributed by atoms with Crippen LogP contribution in [0.25, 0.3) is 6.08 Å². The predicted molar refractivity (Wildman–Crippen MR) is 137 cm³/mol. The average molecular weight is 482 g/mol. The molecule has 0 saturated carbocycles. The summed E-state index contributed by atoms with van der Waals surface area (Å²) >= 11 is 6.32. The lowest BCUT2D eigenvalue weighted by Gasteiger charge is -2.31. The van der Waals surface area contributed by atoms with Crippen molar-refractivity contribution in [2.45, 2.75) is 33.9 Å². The van der Waals surface area contributed by atoms with Crippen molar-refractivity contribution in [1.29, 1.82) is 0 Å². The molecule has 1 N–H and O–H groups in total. The van der Waals surface area contributed by atoms with Crippen LogP contribution in [0.5, 0.6) is 5.75 Å². The van der Waals surface area contributed by atoms with E-state index in [4.69, 9.17) is 17.0 Å². The van der Waals surface area contributed by atoms with Crippen LogP contribution in [-0.2, 0) is 22.7 Å². The molecule has 2 heterocycles. The molecule has 0 aliphatic carbocycles. The molecule has 1 fully saturated rings. The second kappa shape index (κ2) is 10.1. The summed E-state index contributed by atoms with van der Waals surface area (Å²) in [6.45, 7) is 9.69. The van der Waals surface area contributed by atoms with Crippen molar-refractivity contribution in [3.8, 4) is 5.75 Å². The number of hydrogen-bond donors (Lipinski definition) is 1. The summed E-state index contributed by atoms with van der Waals surface area (Å²) in [5, 5.41) is 2.63. The van der Waals surface area contributed by atoms with Crippen LogP contribution in [-0.4, -0.2) is 40.7 Å². The number of carbonyl (C=O) groups excluding carboxylic acids is 2. The van der Waals surface area contributed by atoms with Gasteiger partial charge in [0.1, 0.15) is 10.1 Å². The molecule has 2 aromatic carbocycles. The summed E-state index contributed by atoms with van der Waals surface area (Å²) in [5.41, 5.74) is 4.77. The van der Waals surface area contributed by atoms with E-state index in [1.165, 1.54) is 17.3 Å². The van der Waals surface area contributed by atoms with Crippen LogP contribution in [0, 0.1) is 6.92 Å². The average Bonchev–Trinajstić information content (AvgIpc) is 3.11. The molecular weight excluding hydrogens is 454 g/mol. The number of hydrogen-bond acceptors (Lipinski definition) is 6. The van der Waals surface area contributed by atoms with Crippen molar-refractivity contribution >= 4 is 51.9 Å². The molecule has 6 nitrogen and oxygen atoms in total. The van der Waals surface area contributed by atoms with Crippen LogP contribution >= 0.6 is 24.0 Å². The van der Waals surface area contributed by atoms with E-state index in [1.807, 2.05) is 19.1 Å². The molecular formula is C25H27N3O3S2. The third-order valence-corrected chi connectivity index (χ3v) is 6.98. The molecule has 172 valence electrons. The van der Waals surface area contributed by atoms with Crippen LogP contribution in [0.3, 0.4) is 0 Å². The van der Waals surface area contributed by atoms with Crippen molar-refractivity contribution in [2.24, 2.45) is 0 Å². The van der Waals surface area contributed by atoms with Gasteiger partial charge in [-0.15, -0.1) is 0 Å². The number of thioether (sulfide) groups is 1. The highest BCUT2D eigenvalue weighted by Crippen LogP contribution is 2.38. The van der Waals surface area contributed by atoms with Gasteiger partial charge in [0.05, 0.1) is 17.1 Å². The van der Waals surface area contributed by atoms with Crippen LogP contribution in [0.1, 0.15) is 36.1 Å². The van der Waals surface area contributed by atoms with Crippen LogP contribution < -0.4 is 15.0 Å². The Morgan fingerprint density at radius 1 is 1.15 bits per heavy atom. The number of carbonyl (C=O) groups is 2. The number of aryl methyl sites for hydroxylation is 1. The summed E-state index contributed by atoms with van der Waals surface area (Å²) in [5.74, 6) is 0.413. The Hall–Kier alpha value is -2.68. The minimum Gasteiger partial charge on any atom is -0.481 e. The third-order valence-electron chi connectivity index (χ3n) is 5.81. The van der Waals surface area contributed by atoms with Crippen molar-refractivity contribution in [3.63, 3.8) is 0 Å². The normalized spacial score (nSPS) is 16.9. The lowest BCUT2D eigenvalue weighted by atomic mass is 10.0. The van der Waals surface area contributed by atoms with E-state index in [2.05, 4.69) is 48.3 Å². The quantitative estimate of drug-likeness (QED) is 0.471. The zero-order chi connectivity index (χ0) is 23.5. The maximum Gasteiger partial charge on any atom is 0.265 e. The molecule has 1 saturated heterocycles. The number of nitrogens with one attached hydrogen (secondary N) is 1. The van der Waals surface area contributed by atoms with Crippen LogP contribution in [0.15, 0.2) is 41.3 Å². The van der Waals surface area contributed by atoms with Crippen LogP contribution in [0.2, 0.25) is 0 Å². The highest BCUT2D eigenvalue weighted by atomic mass is 32.2. The maximum atomic E-state index is 12.8. The number of rotatable bonds is 7. The number of fused-ring (bicyclic) bond motifs is 1. The number of ether oxygens (including phenoxy) is 1. The Bertz CT molecular complexity index is 1120. The van der Waals surface area contributed by atoms with E-state index in [0.29, 0.717) is 21.5 Å². The third kappa shape index (κ3) is 5.29. The standard InChI is InChI=1S/C25H27N3O3S2/c1-4-27(5-2)13-17-6-8-18(9-7-17)14-28-20-11-19(12-21-24(30)26-25(32)33-21)10-16(3)23(20)31-15-22(28)29/h6-12H,4-5,13-15H2,1-3H3,(H,26,30,32). The van der Waals surface area contributed by atoms with Gasteiger partial charge in [0.2, 0.25) is 0 Å². The molecule has 0 unspecified atom stereocenters. The first-order valence-corrected chi connectivity index (χ1v) is 12.2. The van der Waals surface area contributed by atoms with E-state index in [0.717, 1.165) is 42.0 Å². The smallest absolute Gasteiger partial charge is 0.265 e. The molecule has 0 atom stereocenters. The van der Waals surface area contributed by atoms with E-state index >= 15 is 0 Å². The van der Waals surface area contributed by atoms with Crippen LogP contribution in [0.4, 0.5) is 5.69 Å². The van der Waals surface area contributed by atoms with E-state index in [1.54, 1.807) is 11.0 Å². The highest BCUT2D eigenvalue weighted by molar-refractivity contribution is 8.26. The van der Waals surface area contributed by atoms with Gasteiger partial charge in [-0.25, -0.2) is 0 Å². The van der Waals surface area contributed by atoms with Gasteiger partial charge in [-0.3, -0.25) is 14.5 Å². The topological polar surface area (TPSA) is 61.9 Å². The monoisotopic (exact) mass is 481 g/mol. The number of thiocarbonyl (C=S) groups is 1. The summed E-state index contributed by atoms with van der Waals surface area (Å²) in [6.07, 6.45) is 1.80. The lowest BCUT2D eigenvalue weighted by molar-refractivity contribution is -0.121. The maximum absolute atomic E-state index is 12.8. The second-order valence-corrected chi connectivity index (χ2v) is 9.80. The SMILES string of the molecule is CCN(CC)Cc1ccc(CN2C(=O)COc3c(C)cc(C=C4SC(=S)NC4=O)cc32)cc1. The van der Waals surface area contributed by atoms with Gasteiger partial charge in [0, 0.05) is 6.54 Å². The Morgan fingerprint density at radius 3 is 2.48 bits per heavy atom. The molecule has 2 aliphatic heterocycles. The Kier molecular flexibility index (Phi) is 7.17. The molecule has 2 aliphatic rings. The Labute approximate surface area is 204 Å². The van der Waals surface area contributed by atoms with Gasteiger partial charge in [0.15, 0.2) is 6.61 Å². The van der Waals surface area contributed by atoms with Gasteiger partial charge in [-0.05, 0) is 60.5 Å². The Morgan fingerprint density at radius 2 is 1.85 bits per heavy atom. The van der Waals surface area contributed by atoms with Crippen molar-refractivity contribution in [2.75, 3.05) is 24.6 Å². The summed E-state index contributed by atoms with van der Waals surface area (Å²) in [6, 6.07) is 12.3. The highest BCUT2D eigenvalue weighted by Gasteiger charge is 2.28. The fourth-order valence-corrected chi connectivity index (χ4v) is 5.03. The molecule has 2 aromatic rings. The van der Waals surface area contributed by atoms with Gasteiger partial charge in [-0.2, -0.15) is 0 Å². The molecule has 0 spiro atoms. The predicted octanol–water partition coefficient (Wildman–Crippen LogP) is 4.25. The molecule has 4 rings (SSSR count). The number of anilines is 1. The fraction of sp³-hybridized carbons (Fsp3) is 0.320. The second-order valence-electron chi connectivity index (χ2n) is 8.08. The summed E-state index contributed by atoms with van der Waals surface area (Å²) < 4.78 is 6.21. The van der Waals surface area contributed by atoms with Gasteiger partial charge < -0.3 is 15.0 Å². The lowest BCUT2D eigenvalue weighted by Crippen LogP contribution is -2.38. The molecule has 33 heavy (non-hydrogen) atoms. The van der Waals surface area contributed by atoms with Gasteiger partial charge in [0.25, 0.3) is 11.8 Å². The minimum absolute atomic E-state index is 0.0147. The van der Waals surface area contributed by atoms with E-state index < -0.39 is 0 Å². The first kappa shape index (κ1) is 23.5. The van der Waals surface area contributed by atoms with Gasteiger partial charge >= 0.3 is 0 Å². The molecule has 8 heteroatoms. The zero-order valence-corrected chi connectivity index (χ0v) is 20.6. The summed E-state index contributed by atoms with van der Waals surface area (Å²) in [7, 11) is 0. The summed E-state index contributed by atoms with van der Waals surface area (Å²) in [4.78, 5) is 29.5. The number of benzene rings is 2. The van der Waals surface area contributed by atoms with E-state index in [9.17, 15) is 9.59 Å². The van der Waals surface area contributed by atoms with Crippen molar-refractivity contribution in [1.82, 2.24) is 10.2 Å². The molecule has 0 bridgehead atoms. The Balaban J connectivity index is 1.60. The fourth-order valence-electron chi connectivity index (χ4n) is 3.98. The largest absolute Gasteiger partial charge is 0.481 e. The molecule has 0 radical (unpaired) electrons. The minimum atomic E-state index is -0.200. The number of nitrogens with zero attached hydrogens (tertiary/aromatic N) is 2. The van der Waals surface area contributed by atoms with Gasteiger partial charge in [-0.1, -0.05) is 62.1 Å². The molecule has 0 aromatic heterocycles. The molecule has 2 amide bonds. The first-order chi connectivity index (χ1) is 15.9. The first-order valence-electron chi connectivity index (χ1n) is 11.0. The van der Waals surface area contributed by atoms with Crippen molar-refractivity contribution in [3.05, 3.63) is 63.6 Å².